The molecule has 4 heteroatoms. The second-order valence-electron chi connectivity index (χ2n) is 5.17. The summed E-state index contributed by atoms with van der Waals surface area (Å²) in [5, 5.41) is 5.89. The van der Waals surface area contributed by atoms with Crippen molar-refractivity contribution in [1.82, 2.24) is 10.6 Å². The van der Waals surface area contributed by atoms with Crippen LogP contribution in [0.5, 0.6) is 5.75 Å². The molecule has 1 fully saturated rings. The number of carbonyl (C=O) groups excluding carboxylic acids is 1. The molecule has 2 rings (SSSR count). The van der Waals surface area contributed by atoms with E-state index in [0.717, 1.165) is 25.1 Å². The van der Waals surface area contributed by atoms with Gasteiger partial charge in [-0.15, -0.1) is 0 Å². The number of hydrogen-bond acceptors (Lipinski definition) is 3. The molecule has 0 radical (unpaired) electrons. The number of nitrogens with one attached hydrogen (secondary N) is 2. The van der Waals surface area contributed by atoms with E-state index in [2.05, 4.69) is 22.8 Å². The van der Waals surface area contributed by atoms with Gasteiger partial charge in [0.05, 0.1) is 13.7 Å². The van der Waals surface area contributed by atoms with Gasteiger partial charge in [0.25, 0.3) is 0 Å². The zero-order valence-corrected chi connectivity index (χ0v) is 11.7. The van der Waals surface area contributed by atoms with Crippen molar-refractivity contribution in [3.8, 4) is 5.75 Å². The third-order valence-corrected chi connectivity index (χ3v) is 3.97. The van der Waals surface area contributed by atoms with Gasteiger partial charge in [-0.05, 0) is 37.6 Å². The van der Waals surface area contributed by atoms with Gasteiger partial charge in [-0.2, -0.15) is 0 Å². The lowest BCUT2D eigenvalue weighted by Gasteiger charge is -2.42. The van der Waals surface area contributed by atoms with Crippen molar-refractivity contribution >= 4 is 5.91 Å². The minimum Gasteiger partial charge on any atom is -0.497 e. The van der Waals surface area contributed by atoms with E-state index in [0.29, 0.717) is 6.54 Å². The number of ether oxygens (including phenoxy) is 1. The third-order valence-electron chi connectivity index (χ3n) is 3.97. The number of likely N-dealkylation sites (N-methyl/N-ethyl adjacent to an activating group) is 1. The molecule has 1 aliphatic rings. The third kappa shape index (κ3) is 3.07. The molecule has 4 nitrogen and oxygen atoms in total. The fraction of sp³-hybridized carbons (Fsp3) is 0.533. The maximum atomic E-state index is 11.6. The summed E-state index contributed by atoms with van der Waals surface area (Å²) >= 11 is 0. The fourth-order valence-corrected chi connectivity index (χ4v) is 2.61. The highest BCUT2D eigenvalue weighted by Gasteiger charge is 2.38. The fourth-order valence-electron chi connectivity index (χ4n) is 2.61. The minimum atomic E-state index is 0.0577. The van der Waals surface area contributed by atoms with Crippen LogP contribution in [0, 0.1) is 0 Å². The first-order chi connectivity index (χ1) is 9.20. The Balaban J connectivity index is 2.02. The molecule has 1 aliphatic carbocycles. The Kier molecular flexibility index (Phi) is 4.43. The summed E-state index contributed by atoms with van der Waals surface area (Å²) < 4.78 is 5.19. The van der Waals surface area contributed by atoms with E-state index in [4.69, 9.17) is 4.74 Å². The van der Waals surface area contributed by atoms with E-state index in [1.54, 1.807) is 14.2 Å². The van der Waals surface area contributed by atoms with Gasteiger partial charge in [0.1, 0.15) is 5.75 Å². The molecule has 1 aromatic carbocycles. The summed E-state index contributed by atoms with van der Waals surface area (Å²) in [7, 11) is 3.45. The molecule has 0 unspecified atom stereocenters. The van der Waals surface area contributed by atoms with E-state index in [9.17, 15) is 4.79 Å². The van der Waals surface area contributed by atoms with Crippen molar-refractivity contribution in [2.45, 2.75) is 24.7 Å². The molecule has 0 saturated heterocycles. The van der Waals surface area contributed by atoms with Gasteiger partial charge in [0.2, 0.25) is 5.91 Å². The Hall–Kier alpha value is -1.55. The van der Waals surface area contributed by atoms with Crippen molar-refractivity contribution in [3.05, 3.63) is 29.8 Å². The Morgan fingerprint density at radius 1 is 1.32 bits per heavy atom. The van der Waals surface area contributed by atoms with E-state index < -0.39 is 0 Å². The van der Waals surface area contributed by atoms with Gasteiger partial charge < -0.3 is 15.4 Å². The first-order valence-corrected chi connectivity index (χ1v) is 6.76. The second-order valence-corrected chi connectivity index (χ2v) is 5.17. The number of carbonyl (C=O) groups is 1. The number of rotatable bonds is 6. The molecule has 104 valence electrons. The number of benzene rings is 1. The molecule has 19 heavy (non-hydrogen) atoms. The van der Waals surface area contributed by atoms with Crippen LogP contribution in [-0.2, 0) is 10.2 Å². The molecule has 0 spiro atoms. The van der Waals surface area contributed by atoms with Gasteiger partial charge in [-0.1, -0.05) is 18.6 Å². The average Bonchev–Trinajstić information content (AvgIpc) is 2.38. The average molecular weight is 262 g/mol. The highest BCUT2D eigenvalue weighted by atomic mass is 16.5. The molecule has 0 heterocycles. The molecule has 1 aromatic rings. The molecule has 0 aliphatic heterocycles. The molecule has 0 atom stereocenters. The Morgan fingerprint density at radius 3 is 2.47 bits per heavy atom. The van der Waals surface area contributed by atoms with E-state index in [1.807, 2.05) is 12.1 Å². The molecular formula is C15H22N2O2. The molecular weight excluding hydrogens is 240 g/mol. The second kappa shape index (κ2) is 6.06. The van der Waals surface area contributed by atoms with Crippen molar-refractivity contribution in [3.63, 3.8) is 0 Å². The van der Waals surface area contributed by atoms with Crippen LogP contribution in [0.3, 0.4) is 0 Å². The Morgan fingerprint density at radius 2 is 2.00 bits per heavy atom. The summed E-state index contributed by atoms with van der Waals surface area (Å²) in [5.74, 6) is 0.930. The number of amides is 1. The van der Waals surface area contributed by atoms with Gasteiger partial charge >= 0.3 is 0 Å². The topological polar surface area (TPSA) is 50.4 Å². The van der Waals surface area contributed by atoms with Crippen LogP contribution < -0.4 is 15.4 Å². The smallest absolute Gasteiger partial charge is 0.233 e. The van der Waals surface area contributed by atoms with Crippen LogP contribution in [0.1, 0.15) is 24.8 Å². The van der Waals surface area contributed by atoms with Crippen LogP contribution in [0.4, 0.5) is 0 Å². The zero-order valence-electron chi connectivity index (χ0n) is 11.7. The van der Waals surface area contributed by atoms with Gasteiger partial charge in [0.15, 0.2) is 0 Å². The standard InChI is InChI=1S/C15H22N2O2/c1-16-10-14(18)17-11-15(8-3-9-15)12-4-6-13(19-2)7-5-12/h4-7,16H,3,8-11H2,1-2H3,(H,17,18). The summed E-state index contributed by atoms with van der Waals surface area (Å²) in [4.78, 5) is 11.6. The summed E-state index contributed by atoms with van der Waals surface area (Å²) in [6.07, 6.45) is 3.51. The van der Waals surface area contributed by atoms with Gasteiger partial charge in [0, 0.05) is 12.0 Å². The van der Waals surface area contributed by atoms with Crippen LogP contribution >= 0.6 is 0 Å². The normalized spacial score (nSPS) is 16.5. The summed E-state index contributed by atoms with van der Waals surface area (Å²) in [6.45, 7) is 1.10. The lowest BCUT2D eigenvalue weighted by atomic mass is 9.64. The van der Waals surface area contributed by atoms with E-state index in [-0.39, 0.29) is 11.3 Å². The number of hydrogen-bond donors (Lipinski definition) is 2. The molecule has 1 amide bonds. The van der Waals surface area contributed by atoms with Crippen LogP contribution in [0.25, 0.3) is 0 Å². The molecule has 0 aromatic heterocycles. The van der Waals surface area contributed by atoms with Crippen molar-refractivity contribution in [2.75, 3.05) is 27.2 Å². The van der Waals surface area contributed by atoms with Crippen LogP contribution in [0.2, 0.25) is 0 Å². The Bertz CT molecular complexity index is 424. The maximum absolute atomic E-state index is 11.6. The zero-order chi connectivity index (χ0) is 13.7. The quantitative estimate of drug-likeness (QED) is 0.816. The van der Waals surface area contributed by atoms with Crippen molar-refractivity contribution in [1.29, 1.82) is 0 Å². The van der Waals surface area contributed by atoms with Crippen LogP contribution in [-0.4, -0.2) is 33.2 Å². The maximum Gasteiger partial charge on any atom is 0.233 e. The SMILES string of the molecule is CNCC(=O)NCC1(c2ccc(OC)cc2)CCC1. The lowest BCUT2D eigenvalue weighted by Crippen LogP contribution is -2.47. The number of methoxy groups -OCH3 is 1. The largest absolute Gasteiger partial charge is 0.497 e. The van der Waals surface area contributed by atoms with Crippen LogP contribution in [0.15, 0.2) is 24.3 Å². The van der Waals surface area contributed by atoms with E-state index in [1.165, 1.54) is 12.0 Å². The van der Waals surface area contributed by atoms with Gasteiger partial charge in [-0.3, -0.25) is 4.79 Å². The van der Waals surface area contributed by atoms with Gasteiger partial charge in [-0.25, -0.2) is 0 Å². The first-order valence-electron chi connectivity index (χ1n) is 6.76. The Labute approximate surface area is 114 Å². The lowest BCUT2D eigenvalue weighted by molar-refractivity contribution is -0.120. The monoisotopic (exact) mass is 262 g/mol. The predicted molar refractivity (Wildman–Crippen MR) is 75.5 cm³/mol. The molecule has 2 N–H and O–H groups in total. The summed E-state index contributed by atoms with van der Waals surface area (Å²) in [6, 6.07) is 8.21. The van der Waals surface area contributed by atoms with Crippen molar-refractivity contribution in [2.24, 2.45) is 0 Å². The highest BCUT2D eigenvalue weighted by Crippen LogP contribution is 2.43. The summed E-state index contributed by atoms with van der Waals surface area (Å²) in [5.41, 5.74) is 1.42. The first kappa shape index (κ1) is 13.9. The minimum absolute atomic E-state index is 0.0577. The molecule has 1 saturated carbocycles. The van der Waals surface area contributed by atoms with E-state index >= 15 is 0 Å². The predicted octanol–water partition coefficient (Wildman–Crippen LogP) is 1.45. The highest BCUT2D eigenvalue weighted by molar-refractivity contribution is 5.78. The molecule has 0 bridgehead atoms. The van der Waals surface area contributed by atoms with Crippen molar-refractivity contribution < 1.29 is 9.53 Å².